The van der Waals surface area contributed by atoms with E-state index in [1.165, 1.54) is 24.8 Å². The topological polar surface area (TPSA) is 38.7 Å². The summed E-state index contributed by atoms with van der Waals surface area (Å²) in [5.74, 6) is 1.85. The quantitative estimate of drug-likeness (QED) is 0.627. The minimum Gasteiger partial charge on any atom is -0.370 e. The SMILES string of the molecule is O=C=NC1C2CC3CC1CC(OCc1ccccc1)(C3)C2. The molecule has 5 rings (SSSR count). The van der Waals surface area contributed by atoms with Gasteiger partial charge in [0.05, 0.1) is 18.2 Å². The average Bonchev–Trinajstić information content (AvgIpc) is 2.49. The molecule has 4 fully saturated rings. The Bertz CT molecular complexity index is 548. The molecule has 1 aromatic rings. The summed E-state index contributed by atoms with van der Waals surface area (Å²) in [5.41, 5.74) is 1.29. The maximum absolute atomic E-state index is 10.7. The van der Waals surface area contributed by atoms with Crippen molar-refractivity contribution in [3.63, 3.8) is 0 Å². The van der Waals surface area contributed by atoms with E-state index in [2.05, 4.69) is 29.3 Å². The normalized spacial score (nSPS) is 40.0. The van der Waals surface area contributed by atoms with E-state index in [4.69, 9.17) is 4.74 Å². The molecule has 0 spiro atoms. The summed E-state index contributed by atoms with van der Waals surface area (Å²) in [6.07, 6.45) is 7.59. The van der Waals surface area contributed by atoms with Crippen LogP contribution in [-0.2, 0) is 16.1 Å². The zero-order valence-corrected chi connectivity index (χ0v) is 12.2. The number of hydrogen-bond donors (Lipinski definition) is 0. The highest BCUT2D eigenvalue weighted by molar-refractivity contribution is 5.34. The zero-order valence-electron chi connectivity index (χ0n) is 12.2. The van der Waals surface area contributed by atoms with Crippen LogP contribution in [0.3, 0.4) is 0 Å². The molecule has 0 aliphatic heterocycles. The van der Waals surface area contributed by atoms with Crippen molar-refractivity contribution < 1.29 is 9.53 Å². The highest BCUT2D eigenvalue weighted by atomic mass is 16.5. The lowest BCUT2D eigenvalue weighted by Gasteiger charge is -2.58. The van der Waals surface area contributed by atoms with Crippen LogP contribution in [0.4, 0.5) is 0 Å². The first-order valence-corrected chi connectivity index (χ1v) is 8.03. The number of isocyanates is 1. The number of nitrogens with zero attached hydrogens (tertiary/aromatic N) is 1. The maximum atomic E-state index is 10.7. The van der Waals surface area contributed by atoms with Crippen LogP contribution in [0.5, 0.6) is 0 Å². The fraction of sp³-hybridized carbons (Fsp3) is 0.611. The predicted molar refractivity (Wildman–Crippen MR) is 79.4 cm³/mol. The summed E-state index contributed by atoms with van der Waals surface area (Å²) in [7, 11) is 0. The number of benzene rings is 1. The molecule has 0 saturated heterocycles. The fourth-order valence-corrected chi connectivity index (χ4v) is 5.18. The Morgan fingerprint density at radius 2 is 1.86 bits per heavy atom. The van der Waals surface area contributed by atoms with E-state index in [9.17, 15) is 4.79 Å². The number of ether oxygens (including phenoxy) is 1. The lowest BCUT2D eigenvalue weighted by atomic mass is 9.52. The van der Waals surface area contributed by atoms with Crippen molar-refractivity contribution in [1.29, 1.82) is 0 Å². The van der Waals surface area contributed by atoms with Crippen LogP contribution >= 0.6 is 0 Å². The summed E-state index contributed by atoms with van der Waals surface area (Å²) in [6.45, 7) is 0.703. The number of carbonyl (C=O) groups excluding carboxylic acids is 1. The Kier molecular flexibility index (Phi) is 3.20. The molecule has 0 heterocycles. The largest absolute Gasteiger partial charge is 0.370 e. The maximum Gasteiger partial charge on any atom is 0.235 e. The van der Waals surface area contributed by atoms with Crippen molar-refractivity contribution in [1.82, 2.24) is 0 Å². The molecule has 0 amide bonds. The summed E-state index contributed by atoms with van der Waals surface area (Å²) in [5, 5.41) is 0. The van der Waals surface area contributed by atoms with E-state index in [-0.39, 0.29) is 11.6 Å². The summed E-state index contributed by atoms with van der Waals surface area (Å²) in [6, 6.07) is 10.6. The van der Waals surface area contributed by atoms with Crippen molar-refractivity contribution in [3.05, 3.63) is 35.9 Å². The molecule has 0 radical (unpaired) electrons. The molecule has 2 unspecified atom stereocenters. The summed E-state index contributed by atoms with van der Waals surface area (Å²) < 4.78 is 6.41. The summed E-state index contributed by atoms with van der Waals surface area (Å²) >= 11 is 0. The van der Waals surface area contributed by atoms with E-state index in [1.807, 2.05) is 6.07 Å². The van der Waals surface area contributed by atoms with Gasteiger partial charge in [-0.15, -0.1) is 0 Å². The van der Waals surface area contributed by atoms with Gasteiger partial charge in [-0.1, -0.05) is 30.3 Å². The van der Waals surface area contributed by atoms with Crippen LogP contribution in [0.2, 0.25) is 0 Å². The van der Waals surface area contributed by atoms with Gasteiger partial charge in [0.1, 0.15) is 0 Å². The second-order valence-electron chi connectivity index (χ2n) is 7.14. The number of aliphatic imine (C=N–C) groups is 1. The molecular weight excluding hydrogens is 262 g/mol. The molecule has 110 valence electrons. The van der Waals surface area contributed by atoms with Gasteiger partial charge in [0, 0.05) is 0 Å². The molecule has 4 bridgehead atoms. The first-order valence-electron chi connectivity index (χ1n) is 8.03. The van der Waals surface area contributed by atoms with Crippen molar-refractivity contribution >= 4 is 6.08 Å². The van der Waals surface area contributed by atoms with Gasteiger partial charge in [-0.3, -0.25) is 0 Å². The van der Waals surface area contributed by atoms with Gasteiger partial charge in [0.2, 0.25) is 6.08 Å². The third-order valence-electron chi connectivity index (χ3n) is 5.76. The van der Waals surface area contributed by atoms with E-state index in [1.54, 1.807) is 6.08 Å². The fourth-order valence-electron chi connectivity index (χ4n) is 5.18. The van der Waals surface area contributed by atoms with Crippen molar-refractivity contribution in [2.45, 2.75) is 50.4 Å². The standard InChI is InChI=1S/C18H21NO2/c20-12-19-17-15-6-14-7-16(17)10-18(8-14,9-15)21-11-13-4-2-1-3-5-13/h1-5,14-17H,6-11H2. The minimum absolute atomic E-state index is 0.0429. The molecule has 4 saturated carbocycles. The molecule has 2 atom stereocenters. The molecule has 0 aromatic heterocycles. The molecule has 0 N–H and O–H groups in total. The molecule has 3 nitrogen and oxygen atoms in total. The van der Waals surface area contributed by atoms with Gasteiger partial charge in [-0.05, 0) is 55.4 Å². The molecule has 4 aliphatic carbocycles. The lowest BCUT2D eigenvalue weighted by molar-refractivity contribution is -0.174. The Labute approximate surface area is 125 Å². The predicted octanol–water partition coefficient (Wildman–Crippen LogP) is 3.49. The van der Waals surface area contributed by atoms with Crippen LogP contribution in [0.1, 0.15) is 37.7 Å². The van der Waals surface area contributed by atoms with E-state index in [0.29, 0.717) is 18.4 Å². The van der Waals surface area contributed by atoms with Gasteiger partial charge in [0.15, 0.2) is 0 Å². The van der Waals surface area contributed by atoms with E-state index >= 15 is 0 Å². The highest BCUT2D eigenvalue weighted by Gasteiger charge is 2.56. The summed E-state index contributed by atoms with van der Waals surface area (Å²) in [4.78, 5) is 14.8. The Hall–Kier alpha value is -1.44. The van der Waals surface area contributed by atoms with Crippen LogP contribution in [0.15, 0.2) is 35.3 Å². The highest BCUT2D eigenvalue weighted by Crippen LogP contribution is 2.58. The third kappa shape index (κ3) is 2.35. The van der Waals surface area contributed by atoms with Crippen LogP contribution in [-0.4, -0.2) is 17.7 Å². The number of hydrogen-bond acceptors (Lipinski definition) is 3. The van der Waals surface area contributed by atoms with Gasteiger partial charge < -0.3 is 4.74 Å². The second-order valence-corrected chi connectivity index (χ2v) is 7.14. The van der Waals surface area contributed by atoms with Crippen LogP contribution < -0.4 is 0 Å². The Morgan fingerprint density at radius 3 is 2.52 bits per heavy atom. The zero-order chi connectivity index (χ0) is 14.3. The molecule has 4 aliphatic rings. The van der Waals surface area contributed by atoms with Gasteiger partial charge in [0.25, 0.3) is 0 Å². The molecule has 3 heteroatoms. The minimum atomic E-state index is 0.0429. The number of rotatable bonds is 4. The first-order chi connectivity index (χ1) is 10.3. The van der Waals surface area contributed by atoms with E-state index in [0.717, 1.165) is 18.8 Å². The third-order valence-corrected chi connectivity index (χ3v) is 5.76. The van der Waals surface area contributed by atoms with Gasteiger partial charge in [-0.2, -0.15) is 0 Å². The second kappa shape index (κ2) is 5.08. The van der Waals surface area contributed by atoms with Crippen molar-refractivity contribution in [3.8, 4) is 0 Å². The molecular formula is C18H21NO2. The van der Waals surface area contributed by atoms with Crippen molar-refractivity contribution in [2.24, 2.45) is 22.7 Å². The molecule has 1 aromatic carbocycles. The van der Waals surface area contributed by atoms with Crippen LogP contribution in [0, 0.1) is 17.8 Å². The smallest absolute Gasteiger partial charge is 0.235 e. The average molecular weight is 283 g/mol. The monoisotopic (exact) mass is 283 g/mol. The first kappa shape index (κ1) is 13.2. The van der Waals surface area contributed by atoms with Gasteiger partial charge in [-0.25, -0.2) is 9.79 Å². The lowest BCUT2D eigenvalue weighted by Crippen LogP contribution is -2.57. The van der Waals surface area contributed by atoms with Gasteiger partial charge >= 0.3 is 0 Å². The Morgan fingerprint density at radius 1 is 1.14 bits per heavy atom. The van der Waals surface area contributed by atoms with Crippen LogP contribution in [0.25, 0.3) is 0 Å². The van der Waals surface area contributed by atoms with Crippen molar-refractivity contribution in [2.75, 3.05) is 0 Å². The van der Waals surface area contributed by atoms with E-state index < -0.39 is 0 Å². The Balaban J connectivity index is 1.50. The molecule has 21 heavy (non-hydrogen) atoms.